The van der Waals surface area contributed by atoms with Crippen molar-refractivity contribution in [1.29, 1.82) is 0 Å². The topological polar surface area (TPSA) is 55.6 Å². The molecule has 0 aliphatic carbocycles. The quantitative estimate of drug-likeness (QED) is 0.856. The van der Waals surface area contributed by atoms with Crippen molar-refractivity contribution in [3.63, 3.8) is 0 Å². The molecule has 1 unspecified atom stereocenters. The first kappa shape index (κ1) is 10.9. The highest BCUT2D eigenvalue weighted by Crippen LogP contribution is 2.22. The maximum atomic E-state index is 4.36. The van der Waals surface area contributed by atoms with Gasteiger partial charge in [-0.1, -0.05) is 6.92 Å². The summed E-state index contributed by atoms with van der Waals surface area (Å²) >= 11 is 0. The minimum Gasteiger partial charge on any atom is -0.367 e. The van der Waals surface area contributed by atoms with E-state index < -0.39 is 0 Å². The molecule has 0 saturated carbocycles. The van der Waals surface area contributed by atoms with Crippen molar-refractivity contribution in [2.24, 2.45) is 7.05 Å². The lowest BCUT2D eigenvalue weighted by atomic mass is 10.2. The van der Waals surface area contributed by atoms with Crippen molar-refractivity contribution in [2.45, 2.75) is 33.2 Å². The zero-order valence-electron chi connectivity index (χ0n) is 10.2. The number of nitrogens with one attached hydrogen (secondary N) is 1. The third-order valence-electron chi connectivity index (χ3n) is 2.79. The maximum Gasteiger partial charge on any atom is 0.163 e. The largest absolute Gasteiger partial charge is 0.367 e. The Labute approximate surface area is 94.9 Å². The molecule has 0 aliphatic heterocycles. The Kier molecular flexibility index (Phi) is 2.77. The van der Waals surface area contributed by atoms with E-state index in [9.17, 15) is 0 Å². The van der Waals surface area contributed by atoms with Gasteiger partial charge in [-0.2, -0.15) is 5.10 Å². The van der Waals surface area contributed by atoms with Gasteiger partial charge in [-0.05, 0) is 20.3 Å². The monoisotopic (exact) mass is 219 g/mol. The van der Waals surface area contributed by atoms with Crippen LogP contribution < -0.4 is 5.32 Å². The zero-order valence-corrected chi connectivity index (χ0v) is 10.2. The molecular weight excluding hydrogens is 202 g/mol. The maximum absolute atomic E-state index is 4.36. The highest BCUT2D eigenvalue weighted by atomic mass is 15.3. The molecule has 0 fully saturated rings. The van der Waals surface area contributed by atoms with Gasteiger partial charge >= 0.3 is 0 Å². The van der Waals surface area contributed by atoms with Gasteiger partial charge in [0, 0.05) is 13.1 Å². The first-order valence-corrected chi connectivity index (χ1v) is 5.54. The molecule has 2 rings (SSSR count). The van der Waals surface area contributed by atoms with E-state index >= 15 is 0 Å². The van der Waals surface area contributed by atoms with Crippen LogP contribution in [0.3, 0.4) is 0 Å². The Bertz CT molecular complexity index is 502. The summed E-state index contributed by atoms with van der Waals surface area (Å²) in [6.45, 7) is 6.26. The molecule has 0 saturated heterocycles. The molecule has 0 aliphatic rings. The van der Waals surface area contributed by atoms with Crippen molar-refractivity contribution in [3.05, 3.63) is 12.0 Å². The highest BCUT2D eigenvalue weighted by Gasteiger charge is 2.12. The van der Waals surface area contributed by atoms with Crippen molar-refractivity contribution in [1.82, 2.24) is 19.7 Å². The van der Waals surface area contributed by atoms with Crippen LogP contribution in [-0.4, -0.2) is 25.8 Å². The molecule has 1 N–H and O–H groups in total. The Morgan fingerprint density at radius 2 is 2.19 bits per heavy atom. The summed E-state index contributed by atoms with van der Waals surface area (Å²) in [6, 6.07) is 0.401. The van der Waals surface area contributed by atoms with Crippen molar-refractivity contribution in [2.75, 3.05) is 5.32 Å². The molecule has 2 aromatic heterocycles. The summed E-state index contributed by atoms with van der Waals surface area (Å²) < 4.78 is 1.79. The molecular formula is C11H17N5. The number of rotatable bonds is 3. The Hall–Kier alpha value is -1.65. The summed E-state index contributed by atoms with van der Waals surface area (Å²) in [5.41, 5.74) is 1.84. The third-order valence-corrected chi connectivity index (χ3v) is 2.79. The van der Waals surface area contributed by atoms with Crippen molar-refractivity contribution < 1.29 is 0 Å². The molecule has 0 spiro atoms. The molecule has 16 heavy (non-hydrogen) atoms. The van der Waals surface area contributed by atoms with Gasteiger partial charge in [0.15, 0.2) is 5.65 Å². The van der Waals surface area contributed by atoms with Crippen LogP contribution in [0.25, 0.3) is 11.0 Å². The lowest BCUT2D eigenvalue weighted by Gasteiger charge is -2.12. The second kappa shape index (κ2) is 4.08. The number of hydrogen-bond donors (Lipinski definition) is 1. The van der Waals surface area contributed by atoms with Gasteiger partial charge in [-0.15, -0.1) is 0 Å². The van der Waals surface area contributed by atoms with Gasteiger partial charge in [0.1, 0.15) is 12.1 Å². The van der Waals surface area contributed by atoms with Gasteiger partial charge in [-0.3, -0.25) is 4.68 Å². The molecule has 1 atom stereocenters. The van der Waals surface area contributed by atoms with Crippen LogP contribution in [-0.2, 0) is 7.05 Å². The number of aromatic nitrogens is 4. The van der Waals surface area contributed by atoms with Crippen LogP contribution >= 0.6 is 0 Å². The van der Waals surface area contributed by atoms with Crippen LogP contribution in [0.15, 0.2) is 6.33 Å². The Balaban J connectivity index is 2.53. The predicted octanol–water partition coefficient (Wildman–Crippen LogP) is 1.88. The van der Waals surface area contributed by atoms with Crippen LogP contribution in [0.2, 0.25) is 0 Å². The van der Waals surface area contributed by atoms with Crippen molar-refractivity contribution >= 4 is 16.9 Å². The van der Waals surface area contributed by atoms with E-state index in [2.05, 4.69) is 34.2 Å². The van der Waals surface area contributed by atoms with Gasteiger partial charge in [0.05, 0.1) is 11.1 Å². The normalized spacial score (nSPS) is 13.0. The molecule has 0 bridgehead atoms. The minimum atomic E-state index is 0.401. The van der Waals surface area contributed by atoms with E-state index in [4.69, 9.17) is 0 Å². The minimum absolute atomic E-state index is 0.401. The van der Waals surface area contributed by atoms with E-state index in [-0.39, 0.29) is 0 Å². The standard InChI is InChI=1S/C11H17N5/c1-5-7(2)14-10-9-8(3)15-16(4)11(9)13-6-12-10/h6-7H,5H2,1-4H3,(H,12,13,14). The first-order valence-electron chi connectivity index (χ1n) is 5.54. The van der Waals surface area contributed by atoms with Gasteiger partial charge in [0.25, 0.3) is 0 Å². The molecule has 0 amide bonds. The van der Waals surface area contributed by atoms with E-state index in [1.54, 1.807) is 11.0 Å². The van der Waals surface area contributed by atoms with Gasteiger partial charge < -0.3 is 5.32 Å². The number of hydrogen-bond acceptors (Lipinski definition) is 4. The lowest BCUT2D eigenvalue weighted by molar-refractivity contribution is 0.759. The number of fused-ring (bicyclic) bond motifs is 1. The zero-order chi connectivity index (χ0) is 11.7. The highest BCUT2D eigenvalue weighted by molar-refractivity contribution is 5.89. The first-order chi connectivity index (χ1) is 7.63. The summed E-state index contributed by atoms with van der Waals surface area (Å²) in [4.78, 5) is 8.54. The molecule has 5 nitrogen and oxygen atoms in total. The van der Waals surface area contributed by atoms with E-state index in [1.807, 2.05) is 14.0 Å². The van der Waals surface area contributed by atoms with E-state index in [1.165, 1.54) is 0 Å². The van der Waals surface area contributed by atoms with E-state index in [0.717, 1.165) is 29.0 Å². The number of nitrogens with zero attached hydrogens (tertiary/aromatic N) is 4. The summed E-state index contributed by atoms with van der Waals surface area (Å²) in [6.07, 6.45) is 2.64. The summed E-state index contributed by atoms with van der Waals surface area (Å²) in [5, 5.41) is 8.76. The molecule has 5 heteroatoms. The molecule has 2 heterocycles. The van der Waals surface area contributed by atoms with Crippen LogP contribution in [0.4, 0.5) is 5.82 Å². The molecule has 86 valence electrons. The fraction of sp³-hybridized carbons (Fsp3) is 0.545. The SMILES string of the molecule is CCC(C)Nc1ncnc2c1c(C)nn2C. The second-order valence-electron chi connectivity index (χ2n) is 4.08. The smallest absolute Gasteiger partial charge is 0.163 e. The summed E-state index contributed by atoms with van der Waals surface area (Å²) in [5.74, 6) is 0.880. The second-order valence-corrected chi connectivity index (χ2v) is 4.08. The molecule has 0 radical (unpaired) electrons. The average molecular weight is 219 g/mol. The number of aryl methyl sites for hydroxylation is 2. The van der Waals surface area contributed by atoms with Crippen molar-refractivity contribution in [3.8, 4) is 0 Å². The Morgan fingerprint density at radius 3 is 2.88 bits per heavy atom. The fourth-order valence-corrected chi connectivity index (χ4v) is 1.72. The van der Waals surface area contributed by atoms with Gasteiger partial charge in [0.2, 0.25) is 0 Å². The fourth-order valence-electron chi connectivity index (χ4n) is 1.72. The van der Waals surface area contributed by atoms with E-state index in [0.29, 0.717) is 6.04 Å². The third kappa shape index (κ3) is 1.73. The Morgan fingerprint density at radius 1 is 1.44 bits per heavy atom. The van der Waals surface area contributed by atoms with Crippen LogP contribution in [0.5, 0.6) is 0 Å². The number of anilines is 1. The summed E-state index contributed by atoms with van der Waals surface area (Å²) in [7, 11) is 1.90. The lowest BCUT2D eigenvalue weighted by Crippen LogP contribution is -2.14. The van der Waals surface area contributed by atoms with Crippen LogP contribution in [0.1, 0.15) is 26.0 Å². The predicted molar refractivity (Wildman–Crippen MR) is 64.4 cm³/mol. The average Bonchev–Trinajstić information content (AvgIpc) is 2.56. The molecule has 2 aromatic rings. The van der Waals surface area contributed by atoms with Gasteiger partial charge in [-0.25, -0.2) is 9.97 Å². The van der Waals surface area contributed by atoms with Crippen LogP contribution in [0, 0.1) is 6.92 Å². The molecule has 0 aromatic carbocycles.